The van der Waals surface area contributed by atoms with Crippen LogP contribution in [-0.4, -0.2) is 53.6 Å². The molecule has 0 spiro atoms. The minimum absolute atomic E-state index is 0.627. The lowest BCUT2D eigenvalue weighted by Crippen LogP contribution is -2.47. The standard InChI is InChI=1S/C12H26N2S2/c1-3-12-10-14(6-8-16-12)11(9-13)5-4-7-15-2/h11-12H,3-10,13H2,1-2H3. The van der Waals surface area contributed by atoms with E-state index >= 15 is 0 Å². The molecule has 0 saturated carbocycles. The van der Waals surface area contributed by atoms with Crippen molar-refractivity contribution >= 4 is 23.5 Å². The van der Waals surface area contributed by atoms with Crippen molar-refractivity contribution in [3.05, 3.63) is 0 Å². The van der Waals surface area contributed by atoms with E-state index in [9.17, 15) is 0 Å². The van der Waals surface area contributed by atoms with Crippen LogP contribution in [0.1, 0.15) is 26.2 Å². The predicted molar refractivity (Wildman–Crippen MR) is 78.6 cm³/mol. The first-order valence-corrected chi connectivity index (χ1v) is 8.80. The Labute approximate surface area is 109 Å². The summed E-state index contributed by atoms with van der Waals surface area (Å²) in [7, 11) is 0. The van der Waals surface area contributed by atoms with Gasteiger partial charge < -0.3 is 5.73 Å². The van der Waals surface area contributed by atoms with Crippen LogP contribution in [0.3, 0.4) is 0 Å². The highest BCUT2D eigenvalue weighted by Gasteiger charge is 2.24. The van der Waals surface area contributed by atoms with Gasteiger partial charge in [-0.15, -0.1) is 0 Å². The molecule has 1 saturated heterocycles. The summed E-state index contributed by atoms with van der Waals surface area (Å²) in [5, 5.41) is 0.836. The monoisotopic (exact) mass is 262 g/mol. The van der Waals surface area contributed by atoms with E-state index in [1.807, 2.05) is 11.8 Å². The van der Waals surface area contributed by atoms with E-state index in [-0.39, 0.29) is 0 Å². The normalized spacial score (nSPS) is 24.6. The second kappa shape index (κ2) is 8.67. The Balaban J connectivity index is 2.32. The van der Waals surface area contributed by atoms with Gasteiger partial charge in [0.05, 0.1) is 0 Å². The molecular formula is C12H26N2S2. The molecule has 0 aromatic heterocycles. The van der Waals surface area contributed by atoms with E-state index in [0.29, 0.717) is 6.04 Å². The minimum atomic E-state index is 0.627. The summed E-state index contributed by atoms with van der Waals surface area (Å²) < 4.78 is 0. The van der Waals surface area contributed by atoms with Crippen molar-refractivity contribution in [2.45, 2.75) is 37.5 Å². The van der Waals surface area contributed by atoms with Gasteiger partial charge in [0.25, 0.3) is 0 Å². The van der Waals surface area contributed by atoms with Gasteiger partial charge in [0, 0.05) is 36.7 Å². The van der Waals surface area contributed by atoms with Crippen molar-refractivity contribution in [2.75, 3.05) is 37.4 Å². The van der Waals surface area contributed by atoms with Crippen LogP contribution in [0, 0.1) is 0 Å². The largest absolute Gasteiger partial charge is 0.329 e. The Hall–Kier alpha value is 0.620. The number of thioether (sulfide) groups is 2. The van der Waals surface area contributed by atoms with Crippen LogP contribution >= 0.6 is 23.5 Å². The SMILES string of the molecule is CCC1CN(C(CN)CCCSC)CCS1. The van der Waals surface area contributed by atoms with Gasteiger partial charge in [0.15, 0.2) is 0 Å². The lowest BCUT2D eigenvalue weighted by atomic mass is 10.1. The molecule has 1 fully saturated rings. The fourth-order valence-electron chi connectivity index (χ4n) is 2.23. The molecule has 0 bridgehead atoms. The molecule has 4 heteroatoms. The van der Waals surface area contributed by atoms with Crippen LogP contribution in [0.5, 0.6) is 0 Å². The Kier molecular flexibility index (Phi) is 7.96. The first-order chi connectivity index (χ1) is 7.81. The summed E-state index contributed by atoms with van der Waals surface area (Å²) in [5.41, 5.74) is 5.92. The molecule has 2 atom stereocenters. The maximum atomic E-state index is 5.92. The van der Waals surface area contributed by atoms with E-state index in [2.05, 4.69) is 29.8 Å². The summed E-state index contributed by atoms with van der Waals surface area (Å²) in [6, 6.07) is 0.627. The molecule has 1 aliphatic rings. The van der Waals surface area contributed by atoms with Crippen molar-refractivity contribution in [1.29, 1.82) is 0 Å². The van der Waals surface area contributed by atoms with Crippen LogP contribution in [0.15, 0.2) is 0 Å². The molecule has 0 radical (unpaired) electrons. The Morgan fingerprint density at radius 2 is 2.38 bits per heavy atom. The maximum Gasteiger partial charge on any atom is 0.0219 e. The van der Waals surface area contributed by atoms with Crippen LogP contribution < -0.4 is 5.73 Å². The Bertz CT molecular complexity index is 178. The molecule has 0 amide bonds. The first-order valence-electron chi connectivity index (χ1n) is 6.36. The predicted octanol–water partition coefficient (Wildman–Crippen LogP) is 2.28. The van der Waals surface area contributed by atoms with Gasteiger partial charge in [-0.05, 0) is 31.3 Å². The summed E-state index contributed by atoms with van der Waals surface area (Å²) >= 11 is 4.08. The number of nitrogens with two attached hydrogens (primary N) is 1. The van der Waals surface area contributed by atoms with Crippen molar-refractivity contribution in [2.24, 2.45) is 5.73 Å². The highest BCUT2D eigenvalue weighted by atomic mass is 32.2. The average molecular weight is 262 g/mol. The zero-order chi connectivity index (χ0) is 11.8. The second-order valence-electron chi connectivity index (χ2n) is 4.42. The van der Waals surface area contributed by atoms with E-state index in [4.69, 9.17) is 5.73 Å². The highest BCUT2D eigenvalue weighted by Crippen LogP contribution is 2.23. The lowest BCUT2D eigenvalue weighted by Gasteiger charge is -2.37. The first kappa shape index (κ1) is 14.7. The summed E-state index contributed by atoms with van der Waals surface area (Å²) in [6.07, 6.45) is 6.06. The van der Waals surface area contributed by atoms with Crippen molar-refractivity contribution in [3.8, 4) is 0 Å². The third-order valence-electron chi connectivity index (χ3n) is 3.30. The van der Waals surface area contributed by atoms with Crippen LogP contribution in [0.25, 0.3) is 0 Å². The van der Waals surface area contributed by atoms with Gasteiger partial charge >= 0.3 is 0 Å². The molecule has 16 heavy (non-hydrogen) atoms. The molecule has 2 unspecified atom stereocenters. The molecule has 1 rings (SSSR count). The van der Waals surface area contributed by atoms with Gasteiger partial charge in [-0.1, -0.05) is 6.92 Å². The molecule has 2 nitrogen and oxygen atoms in total. The van der Waals surface area contributed by atoms with Crippen LogP contribution in [0.4, 0.5) is 0 Å². The number of nitrogens with zero attached hydrogens (tertiary/aromatic N) is 1. The Morgan fingerprint density at radius 1 is 1.56 bits per heavy atom. The Morgan fingerprint density at radius 3 is 3.00 bits per heavy atom. The highest BCUT2D eigenvalue weighted by molar-refractivity contribution is 8.00. The third-order valence-corrected chi connectivity index (χ3v) is 5.37. The van der Waals surface area contributed by atoms with E-state index in [1.54, 1.807) is 0 Å². The fraction of sp³-hybridized carbons (Fsp3) is 1.00. The second-order valence-corrected chi connectivity index (χ2v) is 6.81. The summed E-state index contributed by atoms with van der Waals surface area (Å²) in [5.74, 6) is 2.56. The van der Waals surface area contributed by atoms with Crippen LogP contribution in [0.2, 0.25) is 0 Å². The van der Waals surface area contributed by atoms with Gasteiger partial charge in [-0.2, -0.15) is 23.5 Å². The average Bonchev–Trinajstić information content (AvgIpc) is 2.35. The molecular weight excluding hydrogens is 236 g/mol. The third kappa shape index (κ3) is 4.86. The van der Waals surface area contributed by atoms with Crippen molar-refractivity contribution in [1.82, 2.24) is 4.90 Å². The molecule has 0 aliphatic carbocycles. The number of rotatable bonds is 7. The van der Waals surface area contributed by atoms with Gasteiger partial charge in [-0.3, -0.25) is 4.90 Å². The topological polar surface area (TPSA) is 29.3 Å². The van der Waals surface area contributed by atoms with Crippen molar-refractivity contribution in [3.63, 3.8) is 0 Å². The smallest absolute Gasteiger partial charge is 0.0219 e. The summed E-state index contributed by atoms with van der Waals surface area (Å²) in [4.78, 5) is 2.63. The lowest BCUT2D eigenvalue weighted by molar-refractivity contribution is 0.195. The zero-order valence-electron chi connectivity index (χ0n) is 10.7. The van der Waals surface area contributed by atoms with E-state index in [1.165, 1.54) is 43.9 Å². The zero-order valence-corrected chi connectivity index (χ0v) is 12.3. The van der Waals surface area contributed by atoms with E-state index < -0.39 is 0 Å². The molecule has 2 N–H and O–H groups in total. The van der Waals surface area contributed by atoms with Gasteiger partial charge in [-0.25, -0.2) is 0 Å². The fourth-order valence-corrected chi connectivity index (χ4v) is 3.89. The maximum absolute atomic E-state index is 5.92. The molecule has 96 valence electrons. The number of hydrogen-bond donors (Lipinski definition) is 1. The van der Waals surface area contributed by atoms with E-state index in [0.717, 1.165) is 11.8 Å². The van der Waals surface area contributed by atoms with Gasteiger partial charge in [0.2, 0.25) is 0 Å². The molecule has 1 heterocycles. The quantitative estimate of drug-likeness (QED) is 0.713. The number of hydrogen-bond acceptors (Lipinski definition) is 4. The molecule has 1 aliphatic heterocycles. The molecule has 0 aromatic rings. The van der Waals surface area contributed by atoms with Crippen molar-refractivity contribution < 1.29 is 0 Å². The minimum Gasteiger partial charge on any atom is -0.329 e. The van der Waals surface area contributed by atoms with Crippen LogP contribution in [-0.2, 0) is 0 Å². The molecule has 0 aromatic carbocycles. The van der Waals surface area contributed by atoms with Gasteiger partial charge in [0.1, 0.15) is 0 Å². The summed E-state index contributed by atoms with van der Waals surface area (Å²) in [6.45, 7) is 5.62.